The van der Waals surface area contributed by atoms with Crippen molar-refractivity contribution in [3.05, 3.63) is 39.8 Å². The van der Waals surface area contributed by atoms with Gasteiger partial charge in [0.15, 0.2) is 0 Å². The van der Waals surface area contributed by atoms with Crippen molar-refractivity contribution in [3.63, 3.8) is 0 Å². The molecule has 0 unspecified atom stereocenters. The van der Waals surface area contributed by atoms with Gasteiger partial charge in [0.2, 0.25) is 0 Å². The lowest BCUT2D eigenvalue weighted by Crippen LogP contribution is -2.58. The molecule has 1 N–H and O–H groups in total. The number of rotatable bonds is 5. The number of aryl methyl sites for hydroxylation is 2. The van der Waals surface area contributed by atoms with E-state index in [4.69, 9.17) is 0 Å². The summed E-state index contributed by atoms with van der Waals surface area (Å²) >= 11 is 0. The summed E-state index contributed by atoms with van der Waals surface area (Å²) in [5, 5.41) is 3.25. The fraction of sp³-hybridized carbons (Fsp3) is 0.625. The van der Waals surface area contributed by atoms with Gasteiger partial charge in [-0.3, -0.25) is 14.5 Å². The van der Waals surface area contributed by atoms with Crippen molar-refractivity contribution in [1.29, 1.82) is 0 Å². The highest BCUT2D eigenvalue weighted by molar-refractivity contribution is 5.97. The molecule has 162 valence electrons. The molecular weight excluding hydrogens is 376 g/mol. The van der Waals surface area contributed by atoms with Crippen molar-refractivity contribution in [1.82, 2.24) is 19.8 Å². The van der Waals surface area contributed by atoms with Crippen molar-refractivity contribution >= 4 is 16.9 Å². The number of hydrogen-bond acceptors (Lipinski definition) is 4. The molecule has 2 aromatic rings. The minimum absolute atomic E-state index is 0.0486. The number of benzene rings is 1. The molecule has 1 saturated heterocycles. The van der Waals surface area contributed by atoms with E-state index in [0.717, 1.165) is 18.6 Å². The van der Waals surface area contributed by atoms with Crippen LogP contribution in [0.1, 0.15) is 74.3 Å². The summed E-state index contributed by atoms with van der Waals surface area (Å²) in [6, 6.07) is 5.48. The minimum atomic E-state index is -0.0667. The largest absolute Gasteiger partial charge is 0.350 e. The third-order valence-electron chi connectivity index (χ3n) is 7.08. The molecule has 0 spiro atoms. The average molecular weight is 411 g/mol. The van der Waals surface area contributed by atoms with Crippen LogP contribution in [0.25, 0.3) is 11.0 Å². The van der Waals surface area contributed by atoms with Gasteiger partial charge in [-0.1, -0.05) is 25.7 Å². The van der Waals surface area contributed by atoms with E-state index in [2.05, 4.69) is 15.2 Å². The van der Waals surface area contributed by atoms with E-state index in [1.807, 2.05) is 25.1 Å². The molecular formula is C24H34N4O2. The number of nitrogens with one attached hydrogen (secondary N) is 1. The van der Waals surface area contributed by atoms with Gasteiger partial charge in [-0.05, 0) is 70.8 Å². The highest BCUT2D eigenvalue weighted by Gasteiger charge is 2.38. The Hall–Kier alpha value is -2.21. The van der Waals surface area contributed by atoms with Gasteiger partial charge in [-0.15, -0.1) is 0 Å². The van der Waals surface area contributed by atoms with Crippen LogP contribution in [0.3, 0.4) is 0 Å². The maximum absolute atomic E-state index is 13.0. The number of aromatic nitrogens is 2. The molecule has 1 aliphatic carbocycles. The molecule has 2 heterocycles. The van der Waals surface area contributed by atoms with Gasteiger partial charge in [-0.2, -0.15) is 0 Å². The lowest BCUT2D eigenvalue weighted by molar-refractivity contribution is 0.0326. The van der Waals surface area contributed by atoms with Gasteiger partial charge in [0, 0.05) is 24.2 Å². The van der Waals surface area contributed by atoms with Crippen LogP contribution >= 0.6 is 0 Å². The van der Waals surface area contributed by atoms with Crippen molar-refractivity contribution in [2.45, 2.75) is 77.3 Å². The number of hydrogen-bond donors (Lipinski definition) is 1. The zero-order valence-electron chi connectivity index (χ0n) is 18.4. The Morgan fingerprint density at radius 3 is 2.50 bits per heavy atom. The second-order valence-corrected chi connectivity index (χ2v) is 8.97. The second kappa shape index (κ2) is 8.88. The van der Waals surface area contributed by atoms with Crippen LogP contribution in [0.2, 0.25) is 0 Å². The zero-order chi connectivity index (χ0) is 21.1. The van der Waals surface area contributed by atoms with Gasteiger partial charge in [0.1, 0.15) is 5.69 Å². The van der Waals surface area contributed by atoms with E-state index >= 15 is 0 Å². The number of likely N-dealkylation sites (tertiary alicyclic amines) is 1. The number of carbonyl (C=O) groups is 1. The molecule has 6 nitrogen and oxygen atoms in total. The molecule has 30 heavy (non-hydrogen) atoms. The number of fused-ring (bicyclic) bond motifs is 1. The smallest absolute Gasteiger partial charge is 0.272 e. The summed E-state index contributed by atoms with van der Waals surface area (Å²) in [6.45, 7) is 7.29. The van der Waals surface area contributed by atoms with Crippen LogP contribution in [-0.2, 0) is 6.54 Å². The Balaban J connectivity index is 1.54. The molecule has 1 aromatic carbocycles. The van der Waals surface area contributed by atoms with Crippen LogP contribution in [0.4, 0.5) is 0 Å². The van der Waals surface area contributed by atoms with E-state index < -0.39 is 0 Å². The molecule has 0 bridgehead atoms. The zero-order valence-corrected chi connectivity index (χ0v) is 18.4. The van der Waals surface area contributed by atoms with Crippen LogP contribution in [-0.4, -0.2) is 45.5 Å². The Kier molecular flexibility index (Phi) is 6.23. The van der Waals surface area contributed by atoms with E-state index in [1.165, 1.54) is 51.4 Å². The lowest BCUT2D eigenvalue weighted by Gasteiger charge is -2.48. The van der Waals surface area contributed by atoms with E-state index in [0.29, 0.717) is 29.9 Å². The van der Waals surface area contributed by atoms with Crippen molar-refractivity contribution < 1.29 is 4.79 Å². The summed E-state index contributed by atoms with van der Waals surface area (Å²) in [5.41, 5.74) is 2.60. The summed E-state index contributed by atoms with van der Waals surface area (Å²) in [5.74, 6) is -0.0486. The Morgan fingerprint density at radius 1 is 1.10 bits per heavy atom. The van der Waals surface area contributed by atoms with Crippen molar-refractivity contribution in [3.8, 4) is 0 Å². The number of nitrogens with zero attached hydrogens (tertiary/aromatic N) is 3. The maximum Gasteiger partial charge on any atom is 0.272 e. The van der Waals surface area contributed by atoms with Crippen LogP contribution in [0, 0.1) is 6.92 Å². The fourth-order valence-electron chi connectivity index (χ4n) is 5.36. The molecule has 1 aliphatic heterocycles. The first kappa shape index (κ1) is 21.0. The molecule has 1 saturated carbocycles. The van der Waals surface area contributed by atoms with E-state index in [1.54, 1.807) is 11.5 Å². The Labute approximate surface area is 178 Å². The highest BCUT2D eigenvalue weighted by Crippen LogP contribution is 2.35. The van der Waals surface area contributed by atoms with Crippen molar-refractivity contribution in [2.75, 3.05) is 19.6 Å². The van der Waals surface area contributed by atoms with Gasteiger partial charge in [-0.25, -0.2) is 4.98 Å². The maximum atomic E-state index is 13.0. The van der Waals surface area contributed by atoms with Crippen LogP contribution in [0.15, 0.2) is 23.0 Å². The van der Waals surface area contributed by atoms with Crippen molar-refractivity contribution in [2.24, 2.45) is 0 Å². The Bertz CT molecular complexity index is 969. The van der Waals surface area contributed by atoms with Gasteiger partial charge in [0.25, 0.3) is 11.5 Å². The summed E-state index contributed by atoms with van der Waals surface area (Å²) in [4.78, 5) is 32.4. The summed E-state index contributed by atoms with van der Waals surface area (Å²) in [6.07, 6.45) is 10.0. The van der Waals surface area contributed by atoms with E-state index in [9.17, 15) is 9.59 Å². The Morgan fingerprint density at radius 2 is 1.80 bits per heavy atom. The van der Waals surface area contributed by atoms with Gasteiger partial charge >= 0.3 is 0 Å². The first-order valence-electron chi connectivity index (χ1n) is 11.6. The normalized spacial score (nSPS) is 19.7. The molecule has 2 aliphatic rings. The van der Waals surface area contributed by atoms with E-state index in [-0.39, 0.29) is 17.0 Å². The molecule has 4 rings (SSSR count). The summed E-state index contributed by atoms with van der Waals surface area (Å²) in [7, 11) is 0. The first-order valence-corrected chi connectivity index (χ1v) is 11.6. The lowest BCUT2D eigenvalue weighted by atomic mass is 9.79. The molecule has 0 radical (unpaired) electrons. The van der Waals surface area contributed by atoms with Crippen LogP contribution < -0.4 is 10.9 Å². The first-order chi connectivity index (χ1) is 14.5. The van der Waals surface area contributed by atoms with Gasteiger partial charge < -0.3 is 9.88 Å². The fourth-order valence-corrected chi connectivity index (χ4v) is 5.36. The van der Waals surface area contributed by atoms with Gasteiger partial charge in [0.05, 0.1) is 11.0 Å². The molecule has 0 atom stereocenters. The second-order valence-electron chi connectivity index (χ2n) is 8.97. The third kappa shape index (κ3) is 4.02. The van der Waals surface area contributed by atoms with Crippen LogP contribution in [0.5, 0.6) is 0 Å². The number of amides is 1. The number of carbonyl (C=O) groups excluding carboxylic acids is 1. The molecule has 1 amide bonds. The standard InChI is InChI=1S/C24H34N4O2/c1-3-28-21-11-10-19(16-20(21)26-18(2)23(28)30)22(29)25-17-24(12-6-4-7-13-24)27-14-8-5-9-15-27/h10-11,16H,3-9,12-15,17H2,1-2H3,(H,25,29). The monoisotopic (exact) mass is 410 g/mol. The minimum Gasteiger partial charge on any atom is -0.350 e. The predicted octanol–water partition coefficient (Wildman–Crippen LogP) is 3.64. The summed E-state index contributed by atoms with van der Waals surface area (Å²) < 4.78 is 1.72. The SMILES string of the molecule is CCn1c(=O)c(C)nc2cc(C(=O)NCC3(N4CCCCC4)CCCCC3)ccc21. The molecule has 6 heteroatoms. The number of piperidine rings is 1. The predicted molar refractivity (Wildman–Crippen MR) is 120 cm³/mol. The third-order valence-corrected chi connectivity index (χ3v) is 7.08. The topological polar surface area (TPSA) is 67.2 Å². The average Bonchev–Trinajstić information content (AvgIpc) is 2.79. The highest BCUT2D eigenvalue weighted by atomic mass is 16.1. The quantitative estimate of drug-likeness (QED) is 0.817. The molecule has 2 fully saturated rings. The molecule has 1 aromatic heterocycles.